The van der Waals surface area contributed by atoms with E-state index >= 15 is 0 Å². The molecule has 1 atom stereocenters. The number of sulfonamides is 1. The third kappa shape index (κ3) is 6.52. The molecule has 0 aromatic heterocycles. The number of carbonyl (C=O) groups is 2. The number of anilines is 1. The summed E-state index contributed by atoms with van der Waals surface area (Å²) < 4.78 is 34.1. The molecule has 3 rings (SSSR count). The van der Waals surface area contributed by atoms with Gasteiger partial charge in [0.05, 0.1) is 17.7 Å². The summed E-state index contributed by atoms with van der Waals surface area (Å²) in [6.45, 7) is 5.15. The number of nitrogens with one attached hydrogen (secondary N) is 1. The SMILES string of the molecule is CC[C@H](C(=O)NC)N(Cc1ccc(OC)cc1)C(=O)CN(c1cc(C)ccc1C)S(=O)(=O)c1ccccc1. The second-order valence-electron chi connectivity index (χ2n) is 9.02. The number of hydrogen-bond acceptors (Lipinski definition) is 5. The highest BCUT2D eigenvalue weighted by Crippen LogP contribution is 2.28. The quantitative estimate of drug-likeness (QED) is 0.398. The van der Waals surface area contributed by atoms with Gasteiger partial charge in [0, 0.05) is 13.6 Å². The van der Waals surface area contributed by atoms with E-state index in [1.54, 1.807) is 50.4 Å². The zero-order valence-electron chi connectivity index (χ0n) is 22.5. The molecule has 3 aromatic carbocycles. The van der Waals surface area contributed by atoms with Gasteiger partial charge in [-0.1, -0.05) is 49.4 Å². The fourth-order valence-corrected chi connectivity index (χ4v) is 5.73. The number of amides is 2. The van der Waals surface area contributed by atoms with Crippen LogP contribution in [0.2, 0.25) is 0 Å². The Labute approximate surface area is 225 Å². The summed E-state index contributed by atoms with van der Waals surface area (Å²) in [5.74, 6) is -0.143. The van der Waals surface area contributed by atoms with Crippen LogP contribution in [0.4, 0.5) is 5.69 Å². The highest BCUT2D eigenvalue weighted by atomic mass is 32.2. The van der Waals surface area contributed by atoms with Crippen molar-refractivity contribution in [3.63, 3.8) is 0 Å². The van der Waals surface area contributed by atoms with Crippen LogP contribution in [0, 0.1) is 13.8 Å². The second-order valence-corrected chi connectivity index (χ2v) is 10.9. The Morgan fingerprint density at radius 3 is 2.21 bits per heavy atom. The molecule has 38 heavy (non-hydrogen) atoms. The molecule has 8 nitrogen and oxygen atoms in total. The van der Waals surface area contributed by atoms with Crippen LogP contribution in [-0.4, -0.2) is 51.9 Å². The van der Waals surface area contributed by atoms with Crippen molar-refractivity contribution in [1.29, 1.82) is 0 Å². The highest BCUT2D eigenvalue weighted by Gasteiger charge is 2.33. The lowest BCUT2D eigenvalue weighted by atomic mass is 10.1. The van der Waals surface area contributed by atoms with Gasteiger partial charge in [0.25, 0.3) is 10.0 Å². The Balaban J connectivity index is 2.08. The predicted octanol–water partition coefficient (Wildman–Crippen LogP) is 4.06. The summed E-state index contributed by atoms with van der Waals surface area (Å²) in [4.78, 5) is 28.3. The first kappa shape index (κ1) is 28.7. The number of aryl methyl sites for hydroxylation is 2. The van der Waals surface area contributed by atoms with Gasteiger partial charge in [0.2, 0.25) is 11.8 Å². The van der Waals surface area contributed by atoms with Crippen LogP contribution < -0.4 is 14.4 Å². The lowest BCUT2D eigenvalue weighted by molar-refractivity contribution is -0.140. The molecule has 0 aliphatic carbocycles. The topological polar surface area (TPSA) is 96.0 Å². The van der Waals surface area contributed by atoms with Gasteiger partial charge in [0.1, 0.15) is 18.3 Å². The number of carbonyl (C=O) groups excluding carboxylic acids is 2. The Morgan fingerprint density at radius 2 is 1.63 bits per heavy atom. The van der Waals surface area contributed by atoms with Crippen LogP contribution in [0.25, 0.3) is 0 Å². The Bertz CT molecular complexity index is 1360. The molecule has 0 heterocycles. The number of rotatable bonds is 11. The molecule has 0 bridgehead atoms. The third-order valence-electron chi connectivity index (χ3n) is 6.39. The highest BCUT2D eigenvalue weighted by molar-refractivity contribution is 7.92. The van der Waals surface area contributed by atoms with Crippen LogP contribution in [0.1, 0.15) is 30.0 Å². The molecule has 3 aromatic rings. The minimum Gasteiger partial charge on any atom is -0.497 e. The summed E-state index contributed by atoms with van der Waals surface area (Å²) in [6, 6.07) is 19.9. The van der Waals surface area contributed by atoms with Gasteiger partial charge >= 0.3 is 0 Å². The molecule has 0 aliphatic heterocycles. The largest absolute Gasteiger partial charge is 0.497 e. The van der Waals surface area contributed by atoms with E-state index in [0.29, 0.717) is 23.4 Å². The van der Waals surface area contributed by atoms with E-state index in [0.717, 1.165) is 15.4 Å². The van der Waals surface area contributed by atoms with Crippen molar-refractivity contribution in [2.45, 2.75) is 44.7 Å². The number of benzene rings is 3. The maximum Gasteiger partial charge on any atom is 0.264 e. The van der Waals surface area contributed by atoms with Crippen LogP contribution in [0.3, 0.4) is 0 Å². The zero-order valence-corrected chi connectivity index (χ0v) is 23.3. The Kier molecular flexibility index (Phi) is 9.52. The van der Waals surface area contributed by atoms with Crippen LogP contribution in [-0.2, 0) is 26.2 Å². The zero-order chi connectivity index (χ0) is 27.9. The summed E-state index contributed by atoms with van der Waals surface area (Å²) in [5, 5.41) is 2.63. The van der Waals surface area contributed by atoms with E-state index in [9.17, 15) is 18.0 Å². The van der Waals surface area contributed by atoms with Gasteiger partial charge < -0.3 is 15.0 Å². The molecule has 9 heteroatoms. The molecule has 0 fully saturated rings. The van der Waals surface area contributed by atoms with Gasteiger partial charge in [-0.05, 0) is 67.3 Å². The predicted molar refractivity (Wildman–Crippen MR) is 149 cm³/mol. The summed E-state index contributed by atoms with van der Waals surface area (Å²) in [6.07, 6.45) is 0.358. The first-order valence-corrected chi connectivity index (χ1v) is 13.8. The molecule has 0 aliphatic rings. The first-order valence-electron chi connectivity index (χ1n) is 12.4. The summed E-state index contributed by atoms with van der Waals surface area (Å²) in [5.41, 5.74) is 2.77. The minimum absolute atomic E-state index is 0.0775. The number of ether oxygens (including phenoxy) is 1. The van der Waals surface area contributed by atoms with Gasteiger partial charge in [-0.2, -0.15) is 0 Å². The van der Waals surface area contributed by atoms with E-state index < -0.39 is 28.5 Å². The molecular weight excluding hydrogens is 502 g/mol. The minimum atomic E-state index is -4.09. The molecule has 0 saturated carbocycles. The molecule has 0 unspecified atom stereocenters. The Hall–Kier alpha value is -3.85. The maximum atomic E-state index is 14.0. The first-order chi connectivity index (χ1) is 18.1. The average Bonchev–Trinajstić information content (AvgIpc) is 2.93. The summed E-state index contributed by atoms with van der Waals surface area (Å²) >= 11 is 0. The molecule has 202 valence electrons. The summed E-state index contributed by atoms with van der Waals surface area (Å²) in [7, 11) is -1.01. The number of hydrogen-bond donors (Lipinski definition) is 1. The van der Waals surface area contributed by atoms with Crippen molar-refractivity contribution in [1.82, 2.24) is 10.2 Å². The smallest absolute Gasteiger partial charge is 0.264 e. The monoisotopic (exact) mass is 537 g/mol. The molecule has 0 radical (unpaired) electrons. The van der Waals surface area contributed by atoms with Crippen molar-refractivity contribution < 1.29 is 22.7 Å². The number of nitrogens with zero attached hydrogens (tertiary/aromatic N) is 2. The average molecular weight is 538 g/mol. The second kappa shape index (κ2) is 12.6. The normalized spacial score (nSPS) is 11.9. The van der Waals surface area contributed by atoms with E-state index in [2.05, 4.69) is 5.32 Å². The van der Waals surface area contributed by atoms with Crippen LogP contribution >= 0.6 is 0 Å². The van der Waals surface area contributed by atoms with Crippen molar-refractivity contribution in [3.05, 3.63) is 89.5 Å². The third-order valence-corrected chi connectivity index (χ3v) is 8.16. The fourth-order valence-electron chi connectivity index (χ4n) is 4.23. The van der Waals surface area contributed by atoms with E-state index in [1.165, 1.54) is 24.1 Å². The van der Waals surface area contributed by atoms with Gasteiger partial charge in [-0.3, -0.25) is 13.9 Å². The lowest BCUT2D eigenvalue weighted by Crippen LogP contribution is -2.51. The fraction of sp³-hybridized carbons (Fsp3) is 0.310. The Morgan fingerprint density at radius 1 is 0.974 bits per heavy atom. The molecule has 1 N–H and O–H groups in total. The van der Waals surface area contributed by atoms with E-state index in [-0.39, 0.29) is 17.3 Å². The number of likely N-dealkylation sites (N-methyl/N-ethyl adjacent to an activating group) is 1. The van der Waals surface area contributed by atoms with Gasteiger partial charge in [0.15, 0.2) is 0 Å². The van der Waals surface area contributed by atoms with E-state index in [4.69, 9.17) is 4.74 Å². The maximum absolute atomic E-state index is 14.0. The molecule has 2 amide bonds. The van der Waals surface area contributed by atoms with Gasteiger partial charge in [-0.25, -0.2) is 8.42 Å². The van der Waals surface area contributed by atoms with Crippen LogP contribution in [0.15, 0.2) is 77.7 Å². The molecule has 0 saturated heterocycles. The van der Waals surface area contributed by atoms with Crippen molar-refractivity contribution in [2.24, 2.45) is 0 Å². The van der Waals surface area contributed by atoms with Crippen LogP contribution in [0.5, 0.6) is 5.75 Å². The standard InChI is InChI=1S/C29H35N3O5S/c1-6-26(29(34)30-4)31(19-23-14-16-24(37-5)17-15-23)28(33)20-32(27-18-21(2)12-13-22(27)3)38(35,36)25-10-8-7-9-11-25/h7-18,26H,6,19-20H2,1-5H3,(H,30,34)/t26-/m1/s1. The van der Waals surface area contributed by atoms with E-state index in [1.807, 2.05) is 38.1 Å². The van der Waals surface area contributed by atoms with Crippen molar-refractivity contribution >= 4 is 27.5 Å². The van der Waals surface area contributed by atoms with Crippen molar-refractivity contribution in [3.8, 4) is 5.75 Å². The van der Waals surface area contributed by atoms with Gasteiger partial charge in [-0.15, -0.1) is 0 Å². The lowest BCUT2D eigenvalue weighted by Gasteiger charge is -2.33. The molecule has 0 spiro atoms. The number of methoxy groups -OCH3 is 1. The van der Waals surface area contributed by atoms with Crippen molar-refractivity contribution in [2.75, 3.05) is 25.0 Å². The molecular formula is C29H35N3O5S.